The number of hydrogen-bond donors (Lipinski definition) is 2. The summed E-state index contributed by atoms with van der Waals surface area (Å²) in [4.78, 5) is 0. The largest absolute Gasteiger partial charge is 0.330 e. The lowest BCUT2D eigenvalue weighted by Gasteiger charge is -2.31. The summed E-state index contributed by atoms with van der Waals surface area (Å²) in [6, 6.07) is -0.0842. The highest BCUT2D eigenvalue weighted by Crippen LogP contribution is 2.22. The van der Waals surface area contributed by atoms with E-state index < -0.39 is 10.0 Å². The Hall–Kier alpha value is -0.130. The van der Waals surface area contributed by atoms with E-state index in [4.69, 9.17) is 5.73 Å². The van der Waals surface area contributed by atoms with E-state index in [1.165, 1.54) is 0 Å². The molecule has 3 N–H and O–H groups in total. The minimum atomic E-state index is -3.14. The Labute approximate surface area is 93.7 Å². The molecular formula is C10H24N2O2S. The second kappa shape index (κ2) is 5.82. The van der Waals surface area contributed by atoms with E-state index in [9.17, 15) is 8.42 Å². The number of hydrogen-bond acceptors (Lipinski definition) is 3. The fourth-order valence-corrected chi connectivity index (χ4v) is 2.94. The van der Waals surface area contributed by atoms with E-state index in [-0.39, 0.29) is 17.2 Å². The van der Waals surface area contributed by atoms with Crippen LogP contribution in [0.3, 0.4) is 0 Å². The minimum absolute atomic E-state index is 0.0842. The molecule has 0 amide bonds. The SMILES string of the molecule is CCCS(=O)(=O)NC(CCN)C(C)(C)C. The topological polar surface area (TPSA) is 72.2 Å². The third-order valence-electron chi connectivity index (χ3n) is 2.30. The maximum Gasteiger partial charge on any atom is 0.211 e. The van der Waals surface area contributed by atoms with Gasteiger partial charge in [0.25, 0.3) is 0 Å². The summed E-state index contributed by atoms with van der Waals surface area (Å²) in [5, 5.41) is 0. The van der Waals surface area contributed by atoms with Crippen LogP contribution in [-0.4, -0.2) is 26.8 Å². The lowest BCUT2D eigenvalue weighted by molar-refractivity contribution is 0.287. The van der Waals surface area contributed by atoms with Crippen molar-refractivity contribution in [2.24, 2.45) is 11.1 Å². The molecule has 1 unspecified atom stereocenters. The van der Waals surface area contributed by atoms with Gasteiger partial charge < -0.3 is 5.73 Å². The smallest absolute Gasteiger partial charge is 0.211 e. The molecule has 0 aromatic carbocycles. The van der Waals surface area contributed by atoms with Crippen LogP contribution in [0.1, 0.15) is 40.5 Å². The fourth-order valence-electron chi connectivity index (χ4n) is 1.38. The summed E-state index contributed by atoms with van der Waals surface area (Å²) in [5.41, 5.74) is 5.39. The Morgan fingerprint density at radius 3 is 2.20 bits per heavy atom. The van der Waals surface area contributed by atoms with Gasteiger partial charge in [-0.3, -0.25) is 0 Å². The maximum atomic E-state index is 11.6. The van der Waals surface area contributed by atoms with E-state index in [0.717, 1.165) is 0 Å². The van der Waals surface area contributed by atoms with Crippen molar-refractivity contribution in [2.45, 2.75) is 46.6 Å². The Morgan fingerprint density at radius 2 is 1.87 bits per heavy atom. The van der Waals surface area contributed by atoms with Crippen molar-refractivity contribution in [2.75, 3.05) is 12.3 Å². The van der Waals surface area contributed by atoms with Gasteiger partial charge in [-0.05, 0) is 24.8 Å². The molecule has 5 heteroatoms. The molecule has 0 saturated heterocycles. The van der Waals surface area contributed by atoms with Gasteiger partial charge in [-0.15, -0.1) is 0 Å². The van der Waals surface area contributed by atoms with Crippen molar-refractivity contribution in [3.05, 3.63) is 0 Å². The third-order valence-corrected chi connectivity index (χ3v) is 3.88. The molecule has 0 aliphatic rings. The van der Waals surface area contributed by atoms with Crippen molar-refractivity contribution >= 4 is 10.0 Å². The summed E-state index contributed by atoms with van der Waals surface area (Å²) in [7, 11) is -3.14. The first-order valence-corrected chi connectivity index (χ1v) is 7.08. The molecule has 0 fully saturated rings. The van der Waals surface area contributed by atoms with Crippen LogP contribution in [0, 0.1) is 5.41 Å². The van der Waals surface area contributed by atoms with Gasteiger partial charge in [-0.25, -0.2) is 13.1 Å². The molecule has 0 aromatic rings. The van der Waals surface area contributed by atoms with Crippen molar-refractivity contribution in [1.29, 1.82) is 0 Å². The molecular weight excluding hydrogens is 212 g/mol. The first-order chi connectivity index (χ1) is 6.73. The van der Waals surface area contributed by atoms with Gasteiger partial charge in [0, 0.05) is 6.04 Å². The van der Waals surface area contributed by atoms with Crippen LogP contribution in [-0.2, 0) is 10.0 Å². The molecule has 1 atom stereocenters. The van der Waals surface area contributed by atoms with E-state index in [0.29, 0.717) is 19.4 Å². The Morgan fingerprint density at radius 1 is 1.33 bits per heavy atom. The first kappa shape index (κ1) is 14.9. The summed E-state index contributed by atoms with van der Waals surface area (Å²) in [6.07, 6.45) is 1.31. The summed E-state index contributed by atoms with van der Waals surface area (Å²) >= 11 is 0. The first-order valence-electron chi connectivity index (χ1n) is 5.43. The minimum Gasteiger partial charge on any atom is -0.330 e. The number of rotatable bonds is 6. The van der Waals surface area contributed by atoms with E-state index >= 15 is 0 Å². The van der Waals surface area contributed by atoms with Crippen LogP contribution in [0.5, 0.6) is 0 Å². The molecule has 0 rings (SSSR count). The average Bonchev–Trinajstić information content (AvgIpc) is 2.01. The van der Waals surface area contributed by atoms with Crippen LogP contribution >= 0.6 is 0 Å². The maximum absolute atomic E-state index is 11.6. The van der Waals surface area contributed by atoms with Gasteiger partial charge >= 0.3 is 0 Å². The van der Waals surface area contributed by atoms with Crippen molar-refractivity contribution < 1.29 is 8.42 Å². The van der Waals surface area contributed by atoms with Gasteiger partial charge in [-0.2, -0.15) is 0 Å². The fraction of sp³-hybridized carbons (Fsp3) is 1.00. The normalized spacial score (nSPS) is 15.3. The summed E-state index contributed by atoms with van der Waals surface area (Å²) < 4.78 is 25.9. The second-order valence-corrected chi connectivity index (χ2v) is 6.81. The predicted octanol–water partition coefficient (Wildman–Crippen LogP) is 1.08. The van der Waals surface area contributed by atoms with Gasteiger partial charge in [0.15, 0.2) is 0 Å². The zero-order valence-corrected chi connectivity index (χ0v) is 11.0. The highest BCUT2D eigenvalue weighted by Gasteiger charge is 2.27. The second-order valence-electron chi connectivity index (χ2n) is 4.93. The average molecular weight is 236 g/mol. The molecule has 0 aliphatic heterocycles. The zero-order chi connectivity index (χ0) is 12.1. The number of nitrogens with two attached hydrogens (primary N) is 1. The predicted molar refractivity (Wildman–Crippen MR) is 64.1 cm³/mol. The molecule has 0 heterocycles. The monoisotopic (exact) mass is 236 g/mol. The van der Waals surface area contributed by atoms with Gasteiger partial charge in [0.05, 0.1) is 5.75 Å². The van der Waals surface area contributed by atoms with Crippen LogP contribution in [0.25, 0.3) is 0 Å². The van der Waals surface area contributed by atoms with Crippen LogP contribution < -0.4 is 10.5 Å². The molecule has 0 spiro atoms. The van der Waals surface area contributed by atoms with Crippen LogP contribution in [0.15, 0.2) is 0 Å². The molecule has 0 bridgehead atoms. The Kier molecular flexibility index (Phi) is 5.77. The summed E-state index contributed by atoms with van der Waals surface area (Å²) in [5.74, 6) is 0.185. The lowest BCUT2D eigenvalue weighted by atomic mass is 9.85. The van der Waals surface area contributed by atoms with Gasteiger partial charge in [-0.1, -0.05) is 27.7 Å². The Bertz CT molecular complexity index is 268. The summed E-state index contributed by atoms with van der Waals surface area (Å²) in [6.45, 7) is 8.40. The van der Waals surface area contributed by atoms with Gasteiger partial charge in [0.2, 0.25) is 10.0 Å². The number of nitrogens with one attached hydrogen (secondary N) is 1. The highest BCUT2D eigenvalue weighted by molar-refractivity contribution is 7.89. The van der Waals surface area contributed by atoms with Gasteiger partial charge in [0.1, 0.15) is 0 Å². The Balaban J connectivity index is 4.55. The zero-order valence-electron chi connectivity index (χ0n) is 10.2. The van der Waals surface area contributed by atoms with E-state index in [2.05, 4.69) is 4.72 Å². The van der Waals surface area contributed by atoms with Crippen molar-refractivity contribution in [1.82, 2.24) is 4.72 Å². The number of sulfonamides is 1. The quantitative estimate of drug-likeness (QED) is 0.725. The van der Waals surface area contributed by atoms with E-state index in [1.54, 1.807) is 0 Å². The van der Waals surface area contributed by atoms with E-state index in [1.807, 2.05) is 27.7 Å². The lowest BCUT2D eigenvalue weighted by Crippen LogP contribution is -2.45. The third kappa shape index (κ3) is 6.12. The standard InChI is InChI=1S/C10H24N2O2S/c1-5-8-15(13,14)12-9(6-7-11)10(2,3)4/h9,12H,5-8,11H2,1-4H3. The van der Waals surface area contributed by atoms with Crippen LogP contribution in [0.4, 0.5) is 0 Å². The van der Waals surface area contributed by atoms with Crippen LogP contribution in [0.2, 0.25) is 0 Å². The highest BCUT2D eigenvalue weighted by atomic mass is 32.2. The van der Waals surface area contributed by atoms with Crippen molar-refractivity contribution in [3.63, 3.8) is 0 Å². The molecule has 0 saturated carbocycles. The molecule has 4 nitrogen and oxygen atoms in total. The molecule has 0 aliphatic carbocycles. The molecule has 0 radical (unpaired) electrons. The molecule has 92 valence electrons. The van der Waals surface area contributed by atoms with Crippen molar-refractivity contribution in [3.8, 4) is 0 Å². The molecule has 15 heavy (non-hydrogen) atoms. The molecule has 0 aromatic heterocycles.